The van der Waals surface area contributed by atoms with Gasteiger partial charge in [-0.05, 0) is 20.8 Å². The summed E-state index contributed by atoms with van der Waals surface area (Å²) in [6.45, 7) is 17.6. The summed E-state index contributed by atoms with van der Waals surface area (Å²) in [5, 5.41) is 1.55. The quantitative estimate of drug-likeness (QED) is 0.0695. The molecule has 252 valence electrons. The molecule has 2 aromatic carbocycles. The minimum Gasteiger partial charge on any atom is -0.490 e. The van der Waals surface area contributed by atoms with Crippen molar-refractivity contribution in [2.24, 2.45) is 0 Å². The van der Waals surface area contributed by atoms with Gasteiger partial charge in [-0.1, -0.05) is 44.0 Å². The number of ether oxygens (including phenoxy) is 9. The van der Waals surface area contributed by atoms with Gasteiger partial charge < -0.3 is 42.6 Å². The molecule has 2 rings (SSSR count). The second-order valence-corrected chi connectivity index (χ2v) is 9.88. The third-order valence-corrected chi connectivity index (χ3v) is 5.80. The summed E-state index contributed by atoms with van der Waals surface area (Å²) in [5.41, 5.74) is 0.962. The number of carbonyl (C=O) groups excluding carboxylic acids is 3. The summed E-state index contributed by atoms with van der Waals surface area (Å²) in [6.07, 6.45) is 0. The van der Waals surface area contributed by atoms with Crippen molar-refractivity contribution in [3.05, 3.63) is 66.8 Å². The fourth-order valence-corrected chi connectivity index (χ4v) is 3.55. The third kappa shape index (κ3) is 14.1. The Morgan fingerprint density at radius 1 is 0.500 bits per heavy atom. The maximum Gasteiger partial charge on any atom is 0.333 e. The van der Waals surface area contributed by atoms with Gasteiger partial charge in [-0.2, -0.15) is 0 Å². The zero-order chi connectivity index (χ0) is 33.7. The monoisotopic (exact) mass is 644 g/mol. The van der Waals surface area contributed by atoms with E-state index in [1.54, 1.807) is 26.8 Å². The van der Waals surface area contributed by atoms with E-state index in [0.29, 0.717) is 34.0 Å². The molecule has 12 nitrogen and oxygen atoms in total. The van der Waals surface area contributed by atoms with E-state index in [2.05, 4.69) is 19.7 Å². The third-order valence-electron chi connectivity index (χ3n) is 5.80. The topological polar surface area (TPSA) is 134 Å². The van der Waals surface area contributed by atoms with Crippen LogP contribution in [0.2, 0.25) is 0 Å². The van der Waals surface area contributed by atoms with Crippen LogP contribution in [-0.2, 0) is 42.8 Å². The molecule has 0 atom stereocenters. The zero-order valence-corrected chi connectivity index (χ0v) is 26.9. The molecular weight excluding hydrogens is 600 g/mol. The average molecular weight is 645 g/mol. The Morgan fingerprint density at radius 3 is 1.30 bits per heavy atom. The Balaban J connectivity index is 2.01. The fourth-order valence-electron chi connectivity index (χ4n) is 3.55. The summed E-state index contributed by atoms with van der Waals surface area (Å²) in [4.78, 5) is 34.5. The van der Waals surface area contributed by atoms with Crippen LogP contribution < -0.4 is 14.2 Å². The second kappa shape index (κ2) is 21.4. The van der Waals surface area contributed by atoms with Gasteiger partial charge in [0.1, 0.15) is 45.4 Å². The van der Waals surface area contributed by atoms with E-state index in [0.717, 1.165) is 10.8 Å². The van der Waals surface area contributed by atoms with Crippen molar-refractivity contribution < 1.29 is 57.0 Å². The van der Waals surface area contributed by atoms with Crippen LogP contribution >= 0.6 is 0 Å². The van der Waals surface area contributed by atoms with Gasteiger partial charge in [-0.25, -0.2) is 14.4 Å². The van der Waals surface area contributed by atoms with E-state index < -0.39 is 17.9 Å². The Bertz CT molecular complexity index is 1330. The minimum atomic E-state index is -0.473. The Kier molecular flexibility index (Phi) is 17.6. The largest absolute Gasteiger partial charge is 0.490 e. The summed E-state index contributed by atoms with van der Waals surface area (Å²) in [5.74, 6) is 0.0638. The summed E-state index contributed by atoms with van der Waals surface area (Å²) in [6, 6.07) is 9.29. The lowest BCUT2D eigenvalue weighted by Crippen LogP contribution is -2.15. The molecule has 46 heavy (non-hydrogen) atoms. The summed E-state index contributed by atoms with van der Waals surface area (Å²) in [7, 11) is 0. The van der Waals surface area contributed by atoms with Crippen molar-refractivity contribution in [2.75, 3.05) is 79.3 Å². The minimum absolute atomic E-state index is 0.0960. The van der Waals surface area contributed by atoms with E-state index in [1.165, 1.54) is 0 Å². The highest BCUT2D eigenvalue weighted by Gasteiger charge is 2.16. The van der Waals surface area contributed by atoms with Gasteiger partial charge in [0.2, 0.25) is 0 Å². The van der Waals surface area contributed by atoms with Crippen LogP contribution in [0.1, 0.15) is 20.8 Å². The molecule has 0 spiro atoms. The smallest absolute Gasteiger partial charge is 0.333 e. The van der Waals surface area contributed by atoms with Gasteiger partial charge in [0.15, 0.2) is 11.5 Å². The van der Waals surface area contributed by atoms with Gasteiger partial charge in [-0.3, -0.25) is 0 Å². The average Bonchev–Trinajstić information content (AvgIpc) is 3.03. The molecular formula is C34H44O12. The summed E-state index contributed by atoms with van der Waals surface area (Å²) >= 11 is 0. The molecule has 0 aromatic heterocycles. The first kappa shape index (κ1) is 37.8. The number of fused-ring (bicyclic) bond motifs is 1. The Morgan fingerprint density at radius 2 is 0.870 bits per heavy atom. The molecule has 0 aliphatic rings. The first-order valence-electron chi connectivity index (χ1n) is 14.8. The van der Waals surface area contributed by atoms with Crippen LogP contribution in [0, 0.1) is 0 Å². The number of carbonyl (C=O) groups is 3. The van der Waals surface area contributed by atoms with Crippen LogP contribution in [0.3, 0.4) is 0 Å². The Labute approximate surface area is 269 Å². The van der Waals surface area contributed by atoms with E-state index in [9.17, 15) is 14.4 Å². The number of benzene rings is 2. The molecule has 0 aliphatic carbocycles. The maximum absolute atomic E-state index is 11.5. The van der Waals surface area contributed by atoms with Crippen molar-refractivity contribution in [3.63, 3.8) is 0 Å². The molecule has 2 aromatic rings. The normalized spacial score (nSPS) is 10.6. The van der Waals surface area contributed by atoms with E-state index in [-0.39, 0.29) is 79.3 Å². The first-order chi connectivity index (χ1) is 22.1. The Hall–Kier alpha value is -4.39. The van der Waals surface area contributed by atoms with E-state index in [4.69, 9.17) is 42.6 Å². The second-order valence-electron chi connectivity index (χ2n) is 9.88. The molecule has 0 amide bonds. The number of hydrogen-bond acceptors (Lipinski definition) is 12. The zero-order valence-electron chi connectivity index (χ0n) is 26.9. The van der Waals surface area contributed by atoms with Gasteiger partial charge in [0.05, 0.1) is 39.6 Å². The van der Waals surface area contributed by atoms with Crippen LogP contribution in [0.15, 0.2) is 66.8 Å². The van der Waals surface area contributed by atoms with Crippen LogP contribution in [-0.4, -0.2) is 97.2 Å². The molecule has 0 bridgehead atoms. The predicted octanol–water partition coefficient (Wildman–Crippen LogP) is 4.38. The van der Waals surface area contributed by atoms with Crippen molar-refractivity contribution in [1.29, 1.82) is 0 Å². The van der Waals surface area contributed by atoms with E-state index in [1.807, 2.05) is 24.3 Å². The molecule has 0 saturated carbocycles. The predicted molar refractivity (Wildman–Crippen MR) is 170 cm³/mol. The van der Waals surface area contributed by atoms with Crippen molar-refractivity contribution in [2.45, 2.75) is 20.8 Å². The highest BCUT2D eigenvalue weighted by atomic mass is 16.6. The SMILES string of the molecule is C=C(C)C(=O)OCCOCCOc1cc(OCCOCCOC(=O)C(=C)C)c2ccccc2c1OCCOCCOC(=O)C(=C)C. The molecule has 0 unspecified atom stereocenters. The molecule has 0 saturated heterocycles. The van der Waals surface area contributed by atoms with Crippen molar-refractivity contribution in [1.82, 2.24) is 0 Å². The highest BCUT2D eigenvalue weighted by molar-refractivity contribution is 5.95. The molecule has 12 heteroatoms. The number of hydrogen-bond donors (Lipinski definition) is 0. The van der Waals surface area contributed by atoms with Crippen molar-refractivity contribution >= 4 is 28.7 Å². The lowest BCUT2D eigenvalue weighted by Gasteiger charge is -2.18. The fraction of sp³-hybridized carbons (Fsp3) is 0.441. The van der Waals surface area contributed by atoms with Crippen LogP contribution in [0.25, 0.3) is 10.8 Å². The molecule has 0 aliphatic heterocycles. The highest BCUT2D eigenvalue weighted by Crippen LogP contribution is 2.41. The molecule has 0 heterocycles. The van der Waals surface area contributed by atoms with Crippen LogP contribution in [0.5, 0.6) is 17.2 Å². The van der Waals surface area contributed by atoms with E-state index >= 15 is 0 Å². The molecule has 0 radical (unpaired) electrons. The lowest BCUT2D eigenvalue weighted by atomic mass is 10.1. The number of esters is 3. The maximum atomic E-state index is 11.5. The van der Waals surface area contributed by atoms with Gasteiger partial charge in [0.25, 0.3) is 0 Å². The van der Waals surface area contributed by atoms with Crippen LogP contribution in [0.4, 0.5) is 0 Å². The standard InChI is InChI=1S/C34H44O12/c1-24(2)32(35)44-20-14-38-11-17-41-29-23-30(42-18-12-39-15-21-45-33(36)25(3)4)31(28-10-8-7-9-27(28)29)43-19-13-40-16-22-46-34(37)26(5)6/h7-10,23H,1,3,5,11-22H2,2,4,6H3. The lowest BCUT2D eigenvalue weighted by molar-refractivity contribution is -0.141. The van der Waals surface area contributed by atoms with Crippen molar-refractivity contribution in [3.8, 4) is 17.2 Å². The molecule has 0 N–H and O–H groups in total. The van der Waals surface area contributed by atoms with Gasteiger partial charge in [0, 0.05) is 33.6 Å². The first-order valence-corrected chi connectivity index (χ1v) is 14.8. The number of rotatable bonds is 24. The van der Waals surface area contributed by atoms with Gasteiger partial charge >= 0.3 is 17.9 Å². The summed E-state index contributed by atoms with van der Waals surface area (Å²) < 4.78 is 49.9. The van der Waals surface area contributed by atoms with Gasteiger partial charge in [-0.15, -0.1) is 0 Å². The molecule has 0 fully saturated rings.